The van der Waals surface area contributed by atoms with Gasteiger partial charge in [-0.1, -0.05) is 44.2 Å². The zero-order chi connectivity index (χ0) is 19.0. The van der Waals surface area contributed by atoms with Gasteiger partial charge in [-0.05, 0) is 32.3 Å². The fourth-order valence-electron chi connectivity index (χ4n) is 2.09. The molecule has 0 heterocycles. The number of hydrogen-bond acceptors (Lipinski definition) is 5. The number of nitrogens with one attached hydrogen (secondary N) is 1. The van der Waals surface area contributed by atoms with Crippen LogP contribution in [0.2, 0.25) is 0 Å². The predicted octanol–water partition coefficient (Wildman–Crippen LogP) is 2.25. The van der Waals surface area contributed by atoms with Crippen LogP contribution in [0.1, 0.15) is 40.2 Å². The number of carbonyl (C=O) groups excluding carboxylic acids is 3. The SMILES string of the molecule is CC(C)[C@H](NC(=O)Cc1ccccc1)C(=O)OCC(=O)OC(C)(C)C. The first-order valence-corrected chi connectivity index (χ1v) is 8.30. The summed E-state index contributed by atoms with van der Waals surface area (Å²) in [6.45, 7) is 8.30. The van der Waals surface area contributed by atoms with Crippen molar-refractivity contribution < 1.29 is 23.9 Å². The molecule has 1 amide bonds. The molecule has 1 rings (SSSR count). The van der Waals surface area contributed by atoms with Gasteiger partial charge in [-0.15, -0.1) is 0 Å². The van der Waals surface area contributed by atoms with Gasteiger partial charge in [-0.25, -0.2) is 9.59 Å². The summed E-state index contributed by atoms with van der Waals surface area (Å²) in [6, 6.07) is 8.41. The van der Waals surface area contributed by atoms with E-state index in [1.54, 1.807) is 34.6 Å². The predicted molar refractivity (Wildman–Crippen MR) is 93.7 cm³/mol. The molecule has 25 heavy (non-hydrogen) atoms. The zero-order valence-corrected chi connectivity index (χ0v) is 15.5. The van der Waals surface area contributed by atoms with Gasteiger partial charge in [0.15, 0.2) is 6.61 Å². The lowest BCUT2D eigenvalue weighted by Crippen LogP contribution is -2.46. The molecule has 1 aromatic rings. The quantitative estimate of drug-likeness (QED) is 0.764. The minimum atomic E-state index is -0.821. The van der Waals surface area contributed by atoms with E-state index in [9.17, 15) is 14.4 Å². The monoisotopic (exact) mass is 349 g/mol. The number of carbonyl (C=O) groups is 3. The van der Waals surface area contributed by atoms with Crippen LogP contribution in [0.15, 0.2) is 30.3 Å². The smallest absolute Gasteiger partial charge is 0.344 e. The van der Waals surface area contributed by atoms with E-state index in [4.69, 9.17) is 9.47 Å². The minimum Gasteiger partial charge on any atom is -0.457 e. The Kier molecular flexibility index (Phi) is 7.61. The molecule has 0 aliphatic carbocycles. The first kappa shape index (κ1) is 20.7. The molecule has 6 heteroatoms. The Morgan fingerprint density at radius 1 is 1.08 bits per heavy atom. The number of esters is 2. The molecule has 0 unspecified atom stereocenters. The van der Waals surface area contributed by atoms with E-state index >= 15 is 0 Å². The van der Waals surface area contributed by atoms with Crippen molar-refractivity contribution in [1.82, 2.24) is 5.32 Å². The van der Waals surface area contributed by atoms with Crippen LogP contribution in [0, 0.1) is 5.92 Å². The molecule has 0 aliphatic rings. The lowest BCUT2D eigenvalue weighted by atomic mass is 10.0. The Balaban J connectivity index is 2.56. The van der Waals surface area contributed by atoms with Crippen LogP contribution in [0.3, 0.4) is 0 Å². The molecule has 0 saturated heterocycles. The lowest BCUT2D eigenvalue weighted by Gasteiger charge is -2.22. The van der Waals surface area contributed by atoms with Gasteiger partial charge in [0.2, 0.25) is 5.91 Å². The topological polar surface area (TPSA) is 81.7 Å². The van der Waals surface area contributed by atoms with Crippen molar-refractivity contribution in [1.29, 1.82) is 0 Å². The first-order valence-electron chi connectivity index (χ1n) is 8.30. The van der Waals surface area contributed by atoms with Gasteiger partial charge in [0, 0.05) is 0 Å². The van der Waals surface area contributed by atoms with Crippen LogP contribution in [0.5, 0.6) is 0 Å². The number of benzene rings is 1. The van der Waals surface area contributed by atoms with Gasteiger partial charge < -0.3 is 14.8 Å². The summed E-state index contributed by atoms with van der Waals surface area (Å²) in [7, 11) is 0. The zero-order valence-electron chi connectivity index (χ0n) is 15.5. The molecule has 1 aromatic carbocycles. The Morgan fingerprint density at radius 3 is 2.20 bits per heavy atom. The fraction of sp³-hybridized carbons (Fsp3) is 0.526. The molecule has 0 aliphatic heterocycles. The third kappa shape index (κ3) is 8.33. The summed E-state index contributed by atoms with van der Waals surface area (Å²) in [5, 5.41) is 2.67. The molecule has 0 aromatic heterocycles. The van der Waals surface area contributed by atoms with Crippen LogP contribution in [0.25, 0.3) is 0 Å². The summed E-state index contributed by atoms with van der Waals surface area (Å²) in [6.07, 6.45) is 0.170. The molecule has 0 spiro atoms. The van der Waals surface area contributed by atoms with Crippen molar-refractivity contribution in [3.63, 3.8) is 0 Å². The van der Waals surface area contributed by atoms with Crippen molar-refractivity contribution >= 4 is 17.8 Å². The van der Waals surface area contributed by atoms with Crippen molar-refractivity contribution in [2.75, 3.05) is 6.61 Å². The molecule has 0 radical (unpaired) electrons. The third-order valence-corrected chi connectivity index (χ3v) is 3.20. The van der Waals surface area contributed by atoms with Crippen LogP contribution in [-0.4, -0.2) is 36.1 Å². The highest BCUT2D eigenvalue weighted by Gasteiger charge is 2.27. The van der Waals surface area contributed by atoms with Gasteiger partial charge in [0.25, 0.3) is 0 Å². The normalized spacial score (nSPS) is 12.4. The minimum absolute atomic E-state index is 0.170. The van der Waals surface area contributed by atoms with Crippen molar-refractivity contribution in [2.24, 2.45) is 5.92 Å². The first-order chi connectivity index (χ1) is 11.6. The van der Waals surface area contributed by atoms with Crippen LogP contribution in [0.4, 0.5) is 0 Å². The number of amides is 1. The summed E-state index contributed by atoms with van der Waals surface area (Å²) in [5.74, 6) is -1.73. The van der Waals surface area contributed by atoms with E-state index in [0.717, 1.165) is 5.56 Å². The van der Waals surface area contributed by atoms with E-state index < -0.39 is 30.2 Å². The summed E-state index contributed by atoms with van der Waals surface area (Å²) in [5.41, 5.74) is 0.204. The number of hydrogen-bond donors (Lipinski definition) is 1. The van der Waals surface area contributed by atoms with E-state index in [1.807, 2.05) is 30.3 Å². The maximum Gasteiger partial charge on any atom is 0.344 e. The van der Waals surface area contributed by atoms with Gasteiger partial charge in [0.05, 0.1) is 6.42 Å². The van der Waals surface area contributed by atoms with Crippen molar-refractivity contribution in [3.05, 3.63) is 35.9 Å². The van der Waals surface area contributed by atoms with Crippen LogP contribution >= 0.6 is 0 Å². The highest BCUT2D eigenvalue weighted by Crippen LogP contribution is 2.09. The standard InChI is InChI=1S/C19H27NO5/c1-13(2)17(18(23)24-12-16(22)25-19(3,4)5)20-15(21)11-14-9-7-6-8-10-14/h6-10,13,17H,11-12H2,1-5H3,(H,20,21)/t17-/m0/s1. The summed E-state index contributed by atoms with van der Waals surface area (Å²) >= 11 is 0. The van der Waals surface area contributed by atoms with Crippen LogP contribution < -0.4 is 5.32 Å². The molecule has 0 bridgehead atoms. The maximum absolute atomic E-state index is 12.2. The van der Waals surface area contributed by atoms with E-state index in [0.29, 0.717) is 0 Å². The third-order valence-electron chi connectivity index (χ3n) is 3.20. The summed E-state index contributed by atoms with van der Waals surface area (Å²) in [4.78, 5) is 36.0. The number of rotatable bonds is 7. The highest BCUT2D eigenvalue weighted by atomic mass is 16.6. The molecule has 1 N–H and O–H groups in total. The maximum atomic E-state index is 12.2. The molecule has 138 valence electrons. The Bertz CT molecular complexity index is 590. The molecule has 6 nitrogen and oxygen atoms in total. The van der Waals surface area contributed by atoms with Gasteiger partial charge in [0.1, 0.15) is 11.6 Å². The fourth-order valence-corrected chi connectivity index (χ4v) is 2.09. The second kappa shape index (κ2) is 9.20. The Labute approximate surface area is 148 Å². The average Bonchev–Trinajstić information content (AvgIpc) is 2.49. The van der Waals surface area contributed by atoms with E-state index in [-0.39, 0.29) is 18.2 Å². The second-order valence-corrected chi connectivity index (χ2v) is 7.15. The highest BCUT2D eigenvalue weighted by molar-refractivity contribution is 5.86. The molecule has 0 saturated carbocycles. The van der Waals surface area contributed by atoms with Crippen molar-refractivity contribution in [3.8, 4) is 0 Å². The van der Waals surface area contributed by atoms with Gasteiger partial charge in [-0.2, -0.15) is 0 Å². The number of ether oxygens (including phenoxy) is 2. The Hall–Kier alpha value is -2.37. The lowest BCUT2D eigenvalue weighted by molar-refractivity contribution is -0.168. The molecule has 1 atom stereocenters. The van der Waals surface area contributed by atoms with Gasteiger partial charge in [-0.3, -0.25) is 4.79 Å². The van der Waals surface area contributed by atoms with Crippen LogP contribution in [-0.2, 0) is 30.3 Å². The molecular formula is C19H27NO5. The van der Waals surface area contributed by atoms with Crippen molar-refractivity contribution in [2.45, 2.75) is 52.7 Å². The summed E-state index contributed by atoms with van der Waals surface area (Å²) < 4.78 is 10.1. The molecule has 0 fully saturated rings. The van der Waals surface area contributed by atoms with Gasteiger partial charge >= 0.3 is 11.9 Å². The van der Waals surface area contributed by atoms with E-state index in [1.165, 1.54) is 0 Å². The molecular weight excluding hydrogens is 322 g/mol. The average molecular weight is 349 g/mol. The second-order valence-electron chi connectivity index (χ2n) is 7.15. The largest absolute Gasteiger partial charge is 0.457 e. The van der Waals surface area contributed by atoms with E-state index in [2.05, 4.69) is 5.32 Å². The Morgan fingerprint density at radius 2 is 1.68 bits per heavy atom.